The number of hydrogen-bond donors (Lipinski definition) is 0. The molecule has 0 radical (unpaired) electrons. The van der Waals surface area contributed by atoms with Crippen LogP contribution in [0.15, 0.2) is 35.2 Å². The largest absolute Gasteiger partial charge is 0.494 e. The third-order valence-corrected chi connectivity index (χ3v) is 4.15. The van der Waals surface area contributed by atoms with Gasteiger partial charge in [0.15, 0.2) is 5.75 Å². The summed E-state index contributed by atoms with van der Waals surface area (Å²) in [6.07, 6.45) is 7.10. The molecule has 6 nitrogen and oxygen atoms in total. The molecule has 1 fully saturated rings. The Labute approximate surface area is 137 Å². The maximum Gasteiger partial charge on any atom is 0.316 e. The number of halogens is 1. The number of methoxy groups -OCH3 is 1. The van der Waals surface area contributed by atoms with Crippen molar-refractivity contribution in [1.82, 2.24) is 15.0 Å². The number of aromatic nitrogens is 3. The monoisotopic (exact) mass is 364 g/mol. The molecule has 1 unspecified atom stereocenters. The highest BCUT2D eigenvalue weighted by Gasteiger charge is 2.24. The van der Waals surface area contributed by atoms with Crippen molar-refractivity contribution < 1.29 is 9.47 Å². The Morgan fingerprint density at radius 1 is 1.27 bits per heavy atom. The SMILES string of the molecule is COc1cnc(OC2CCCN(c3ncccc3Br)C2)nc1. The summed E-state index contributed by atoms with van der Waals surface area (Å²) >= 11 is 3.55. The van der Waals surface area contributed by atoms with Gasteiger partial charge in [0.05, 0.1) is 30.5 Å². The molecule has 0 aliphatic carbocycles. The lowest BCUT2D eigenvalue weighted by Crippen LogP contribution is -2.42. The van der Waals surface area contributed by atoms with Crippen molar-refractivity contribution in [1.29, 1.82) is 0 Å². The van der Waals surface area contributed by atoms with E-state index < -0.39 is 0 Å². The first-order valence-electron chi connectivity index (χ1n) is 7.14. The molecule has 0 aromatic carbocycles. The molecule has 3 heterocycles. The molecule has 0 spiro atoms. The molecule has 2 aromatic rings. The molecule has 0 amide bonds. The summed E-state index contributed by atoms with van der Waals surface area (Å²) in [5.74, 6) is 1.57. The van der Waals surface area contributed by atoms with Gasteiger partial charge < -0.3 is 14.4 Å². The molecular formula is C15H17BrN4O2. The third kappa shape index (κ3) is 3.47. The number of rotatable bonds is 4. The van der Waals surface area contributed by atoms with E-state index in [1.54, 1.807) is 25.7 Å². The van der Waals surface area contributed by atoms with Crippen LogP contribution in [0, 0.1) is 0 Å². The lowest BCUT2D eigenvalue weighted by molar-refractivity contribution is 0.163. The van der Waals surface area contributed by atoms with Crippen LogP contribution in [-0.2, 0) is 0 Å². The molecule has 22 heavy (non-hydrogen) atoms. The van der Waals surface area contributed by atoms with Crippen LogP contribution in [0.3, 0.4) is 0 Å². The fraction of sp³-hybridized carbons (Fsp3) is 0.400. The van der Waals surface area contributed by atoms with E-state index in [0.717, 1.165) is 36.2 Å². The van der Waals surface area contributed by atoms with E-state index in [-0.39, 0.29) is 6.10 Å². The quantitative estimate of drug-likeness (QED) is 0.830. The Morgan fingerprint density at radius 3 is 2.82 bits per heavy atom. The van der Waals surface area contributed by atoms with Crippen LogP contribution < -0.4 is 14.4 Å². The van der Waals surface area contributed by atoms with Gasteiger partial charge in [-0.25, -0.2) is 4.98 Å². The van der Waals surface area contributed by atoms with Crippen molar-refractivity contribution in [3.63, 3.8) is 0 Å². The molecular weight excluding hydrogens is 348 g/mol. The number of anilines is 1. The minimum Gasteiger partial charge on any atom is -0.494 e. The molecule has 116 valence electrons. The second-order valence-electron chi connectivity index (χ2n) is 5.04. The van der Waals surface area contributed by atoms with E-state index in [2.05, 4.69) is 35.8 Å². The van der Waals surface area contributed by atoms with Crippen molar-refractivity contribution in [2.45, 2.75) is 18.9 Å². The van der Waals surface area contributed by atoms with Crippen molar-refractivity contribution >= 4 is 21.7 Å². The van der Waals surface area contributed by atoms with Crippen LogP contribution in [0.1, 0.15) is 12.8 Å². The van der Waals surface area contributed by atoms with Crippen molar-refractivity contribution in [2.24, 2.45) is 0 Å². The Hall–Kier alpha value is -1.89. The van der Waals surface area contributed by atoms with E-state index in [0.29, 0.717) is 11.8 Å². The van der Waals surface area contributed by atoms with Crippen LogP contribution in [-0.4, -0.2) is 41.3 Å². The predicted octanol–water partition coefficient (Wildman–Crippen LogP) is 2.69. The average Bonchev–Trinajstić information content (AvgIpc) is 2.56. The number of nitrogens with zero attached hydrogens (tertiary/aromatic N) is 4. The van der Waals surface area contributed by atoms with Gasteiger partial charge in [0.1, 0.15) is 11.9 Å². The molecule has 0 saturated carbocycles. The molecule has 2 aromatic heterocycles. The Bertz CT molecular complexity index is 623. The highest BCUT2D eigenvalue weighted by molar-refractivity contribution is 9.10. The Balaban J connectivity index is 1.66. The zero-order chi connectivity index (χ0) is 15.4. The summed E-state index contributed by atoms with van der Waals surface area (Å²) in [6, 6.07) is 4.29. The smallest absolute Gasteiger partial charge is 0.316 e. The second-order valence-corrected chi connectivity index (χ2v) is 5.90. The zero-order valence-electron chi connectivity index (χ0n) is 12.3. The lowest BCUT2D eigenvalue weighted by Gasteiger charge is -2.33. The standard InChI is InChI=1S/C15H17BrN4O2/c1-21-12-8-18-15(19-9-12)22-11-4-3-7-20(10-11)14-13(16)5-2-6-17-14/h2,5-6,8-9,11H,3-4,7,10H2,1H3. The molecule has 1 aliphatic heterocycles. The van der Waals surface area contributed by atoms with Gasteiger partial charge in [-0.15, -0.1) is 0 Å². The lowest BCUT2D eigenvalue weighted by atomic mass is 10.1. The van der Waals surface area contributed by atoms with Crippen molar-refractivity contribution in [2.75, 3.05) is 25.1 Å². The molecule has 1 aliphatic rings. The molecule has 7 heteroatoms. The van der Waals surface area contributed by atoms with Crippen LogP contribution in [0.25, 0.3) is 0 Å². The van der Waals surface area contributed by atoms with E-state index >= 15 is 0 Å². The van der Waals surface area contributed by atoms with Gasteiger partial charge >= 0.3 is 6.01 Å². The van der Waals surface area contributed by atoms with Gasteiger partial charge in [-0.3, -0.25) is 0 Å². The van der Waals surface area contributed by atoms with Gasteiger partial charge in [-0.1, -0.05) is 0 Å². The summed E-state index contributed by atoms with van der Waals surface area (Å²) in [4.78, 5) is 15.0. The third-order valence-electron chi connectivity index (χ3n) is 3.53. The predicted molar refractivity (Wildman–Crippen MR) is 86.4 cm³/mol. The number of piperidine rings is 1. The van der Waals surface area contributed by atoms with Gasteiger partial charge in [-0.05, 0) is 40.9 Å². The second kappa shape index (κ2) is 6.91. The minimum atomic E-state index is 0.0519. The molecule has 0 N–H and O–H groups in total. The fourth-order valence-electron chi connectivity index (χ4n) is 2.46. The van der Waals surface area contributed by atoms with Crippen LogP contribution in [0.2, 0.25) is 0 Å². The summed E-state index contributed by atoms with van der Waals surface area (Å²) in [7, 11) is 1.59. The van der Waals surface area contributed by atoms with Crippen molar-refractivity contribution in [3.8, 4) is 11.8 Å². The number of ether oxygens (including phenoxy) is 2. The molecule has 1 atom stereocenters. The first-order valence-corrected chi connectivity index (χ1v) is 7.93. The molecule has 3 rings (SSSR count). The summed E-state index contributed by atoms with van der Waals surface area (Å²) < 4.78 is 11.9. The normalized spacial score (nSPS) is 18.1. The van der Waals surface area contributed by atoms with Gasteiger partial charge in [0.2, 0.25) is 0 Å². The Kier molecular flexibility index (Phi) is 4.72. The molecule has 0 bridgehead atoms. The maximum absolute atomic E-state index is 5.88. The van der Waals surface area contributed by atoms with E-state index in [4.69, 9.17) is 9.47 Å². The van der Waals surface area contributed by atoms with Crippen LogP contribution >= 0.6 is 15.9 Å². The zero-order valence-corrected chi connectivity index (χ0v) is 13.9. The summed E-state index contributed by atoms with van der Waals surface area (Å²) in [6.45, 7) is 1.74. The fourth-order valence-corrected chi connectivity index (χ4v) is 2.96. The summed E-state index contributed by atoms with van der Waals surface area (Å²) in [5.41, 5.74) is 0. The van der Waals surface area contributed by atoms with Crippen molar-refractivity contribution in [3.05, 3.63) is 35.2 Å². The minimum absolute atomic E-state index is 0.0519. The van der Waals surface area contributed by atoms with Gasteiger partial charge in [-0.2, -0.15) is 9.97 Å². The first kappa shape index (κ1) is 15.0. The summed E-state index contributed by atoms with van der Waals surface area (Å²) in [5, 5.41) is 0. The van der Waals surface area contributed by atoms with Crippen LogP contribution in [0.5, 0.6) is 11.8 Å². The molecule has 1 saturated heterocycles. The van der Waals surface area contributed by atoms with E-state index in [1.165, 1.54) is 0 Å². The van der Waals surface area contributed by atoms with Gasteiger partial charge in [0, 0.05) is 12.7 Å². The van der Waals surface area contributed by atoms with E-state index in [1.807, 2.05) is 12.1 Å². The highest BCUT2D eigenvalue weighted by atomic mass is 79.9. The first-order chi connectivity index (χ1) is 10.8. The number of hydrogen-bond acceptors (Lipinski definition) is 6. The Morgan fingerprint density at radius 2 is 2.09 bits per heavy atom. The topological polar surface area (TPSA) is 60.4 Å². The average molecular weight is 365 g/mol. The number of pyridine rings is 1. The van der Waals surface area contributed by atoms with Gasteiger partial charge in [0.25, 0.3) is 0 Å². The highest BCUT2D eigenvalue weighted by Crippen LogP contribution is 2.26. The maximum atomic E-state index is 5.88. The van der Waals surface area contributed by atoms with Crippen LogP contribution in [0.4, 0.5) is 5.82 Å². The van der Waals surface area contributed by atoms with E-state index in [9.17, 15) is 0 Å².